The number of hydrogen-bond acceptors (Lipinski definition) is 3. The van der Waals surface area contributed by atoms with Gasteiger partial charge in [-0.25, -0.2) is 4.98 Å². The molecule has 1 aromatic heterocycles. The van der Waals surface area contributed by atoms with Crippen LogP contribution >= 0.6 is 11.6 Å². The molecule has 1 aromatic carbocycles. The van der Waals surface area contributed by atoms with Crippen LogP contribution in [0.15, 0.2) is 18.2 Å². The van der Waals surface area contributed by atoms with Crippen LogP contribution in [0, 0.1) is 0 Å². The van der Waals surface area contributed by atoms with Gasteiger partial charge in [0.15, 0.2) is 0 Å². The van der Waals surface area contributed by atoms with E-state index in [9.17, 15) is 4.79 Å². The average molecular weight is 265 g/mol. The van der Waals surface area contributed by atoms with Gasteiger partial charge in [-0.2, -0.15) is 0 Å². The van der Waals surface area contributed by atoms with Gasteiger partial charge in [0.25, 0.3) is 0 Å². The lowest BCUT2D eigenvalue weighted by molar-refractivity contribution is -0.125. The molecule has 6 heteroatoms. The van der Waals surface area contributed by atoms with Crippen molar-refractivity contribution < 1.29 is 4.79 Å². The molecule has 1 amide bonds. The summed E-state index contributed by atoms with van der Waals surface area (Å²) in [6, 6.07) is 5.11. The van der Waals surface area contributed by atoms with E-state index in [1.807, 2.05) is 6.07 Å². The van der Waals surface area contributed by atoms with E-state index in [4.69, 9.17) is 17.3 Å². The molecule has 3 N–H and O–H groups in total. The number of halogens is 1. The van der Waals surface area contributed by atoms with E-state index in [2.05, 4.69) is 10.3 Å². The highest BCUT2D eigenvalue weighted by molar-refractivity contribution is 6.31. The molecule has 2 aromatic rings. The number of nitrogens with two attached hydrogens (primary N) is 1. The van der Waals surface area contributed by atoms with Crippen LogP contribution in [0.4, 0.5) is 5.95 Å². The summed E-state index contributed by atoms with van der Waals surface area (Å²) in [7, 11) is 0. The molecule has 1 unspecified atom stereocenters. The van der Waals surface area contributed by atoms with Crippen molar-refractivity contribution in [2.75, 3.05) is 12.3 Å². The summed E-state index contributed by atoms with van der Waals surface area (Å²) in [6.45, 7) is 0.730. The number of piperidine rings is 1. The number of benzene rings is 1. The molecule has 18 heavy (non-hydrogen) atoms. The lowest BCUT2D eigenvalue weighted by Crippen LogP contribution is -2.38. The van der Waals surface area contributed by atoms with Crippen LogP contribution in [0.2, 0.25) is 5.02 Å². The zero-order valence-corrected chi connectivity index (χ0v) is 10.4. The van der Waals surface area contributed by atoms with Crippen molar-refractivity contribution in [1.29, 1.82) is 0 Å². The molecule has 0 bridgehead atoms. The van der Waals surface area contributed by atoms with Crippen molar-refractivity contribution in [3.63, 3.8) is 0 Å². The van der Waals surface area contributed by atoms with Crippen molar-refractivity contribution in [1.82, 2.24) is 14.9 Å². The maximum absolute atomic E-state index is 11.9. The molecule has 3 rings (SSSR count). The predicted octanol–water partition coefficient (Wildman–Crippen LogP) is 1.72. The quantitative estimate of drug-likeness (QED) is 0.824. The first-order valence-corrected chi connectivity index (χ1v) is 6.25. The molecule has 2 heterocycles. The summed E-state index contributed by atoms with van der Waals surface area (Å²) < 4.78 is 1.79. The number of carbonyl (C=O) groups is 1. The van der Waals surface area contributed by atoms with Crippen molar-refractivity contribution in [2.24, 2.45) is 0 Å². The smallest absolute Gasteiger partial charge is 0.243 e. The number of imidazole rings is 1. The number of fused-ring (bicyclic) bond motifs is 1. The van der Waals surface area contributed by atoms with Crippen LogP contribution in [0.25, 0.3) is 11.0 Å². The van der Waals surface area contributed by atoms with Gasteiger partial charge in [-0.05, 0) is 31.0 Å². The third-order valence-electron chi connectivity index (χ3n) is 3.25. The third-order valence-corrected chi connectivity index (χ3v) is 3.48. The Morgan fingerprint density at radius 2 is 2.33 bits per heavy atom. The first kappa shape index (κ1) is 11.3. The summed E-state index contributed by atoms with van der Waals surface area (Å²) >= 11 is 5.93. The van der Waals surface area contributed by atoms with Gasteiger partial charge in [0.05, 0.1) is 11.0 Å². The molecule has 94 valence electrons. The van der Waals surface area contributed by atoms with E-state index in [1.165, 1.54) is 0 Å². The number of nitrogens with zero attached hydrogens (tertiary/aromatic N) is 2. The lowest BCUT2D eigenvalue weighted by Gasteiger charge is -2.24. The molecule has 0 spiro atoms. The van der Waals surface area contributed by atoms with Gasteiger partial charge in [-0.3, -0.25) is 9.36 Å². The van der Waals surface area contributed by atoms with Gasteiger partial charge in [-0.15, -0.1) is 0 Å². The van der Waals surface area contributed by atoms with E-state index in [1.54, 1.807) is 16.7 Å². The maximum Gasteiger partial charge on any atom is 0.243 e. The van der Waals surface area contributed by atoms with E-state index in [0.717, 1.165) is 30.4 Å². The standard InChI is InChI=1S/C12H13ClN4O/c13-7-3-4-9-8(6-7)16-12(14)17(9)10-2-1-5-15-11(10)18/h3-4,6,10H,1-2,5H2,(H2,14,16)(H,15,18). The second-order valence-corrected chi connectivity index (χ2v) is 4.86. The molecule has 1 saturated heterocycles. The second-order valence-electron chi connectivity index (χ2n) is 4.42. The summed E-state index contributed by atoms with van der Waals surface area (Å²) in [4.78, 5) is 16.2. The summed E-state index contributed by atoms with van der Waals surface area (Å²) in [6.07, 6.45) is 1.73. The maximum atomic E-state index is 11.9. The van der Waals surface area contributed by atoms with E-state index in [0.29, 0.717) is 11.0 Å². The monoisotopic (exact) mass is 264 g/mol. The highest BCUT2D eigenvalue weighted by Gasteiger charge is 2.27. The van der Waals surface area contributed by atoms with Crippen LogP contribution in [0.5, 0.6) is 0 Å². The van der Waals surface area contributed by atoms with Crippen LogP contribution in [0.3, 0.4) is 0 Å². The van der Waals surface area contributed by atoms with Gasteiger partial charge in [0, 0.05) is 11.6 Å². The normalized spacial score (nSPS) is 20.1. The Morgan fingerprint density at radius 3 is 3.11 bits per heavy atom. The fourth-order valence-corrected chi connectivity index (χ4v) is 2.59. The van der Waals surface area contributed by atoms with Crippen LogP contribution < -0.4 is 11.1 Å². The molecular formula is C12H13ClN4O. The molecule has 1 aliphatic rings. The topological polar surface area (TPSA) is 72.9 Å². The highest BCUT2D eigenvalue weighted by atomic mass is 35.5. The average Bonchev–Trinajstić information content (AvgIpc) is 2.65. The minimum absolute atomic E-state index is 0.00204. The third kappa shape index (κ3) is 1.71. The number of aromatic nitrogens is 2. The van der Waals surface area contributed by atoms with Gasteiger partial charge < -0.3 is 11.1 Å². The van der Waals surface area contributed by atoms with Crippen LogP contribution in [0.1, 0.15) is 18.9 Å². The Hall–Kier alpha value is -1.75. The SMILES string of the molecule is Nc1nc2cc(Cl)ccc2n1C1CCCNC1=O. The Kier molecular flexibility index (Phi) is 2.63. The van der Waals surface area contributed by atoms with E-state index >= 15 is 0 Å². The van der Waals surface area contributed by atoms with Gasteiger partial charge in [0.1, 0.15) is 6.04 Å². The number of nitrogen functional groups attached to an aromatic ring is 1. The Bertz CT molecular complexity index is 622. The van der Waals surface area contributed by atoms with Gasteiger partial charge >= 0.3 is 0 Å². The van der Waals surface area contributed by atoms with Gasteiger partial charge in [0.2, 0.25) is 11.9 Å². The Balaban J connectivity index is 2.15. The van der Waals surface area contributed by atoms with Crippen molar-refractivity contribution >= 4 is 34.5 Å². The molecule has 1 aliphatic heterocycles. The Morgan fingerprint density at radius 1 is 1.50 bits per heavy atom. The first-order valence-electron chi connectivity index (χ1n) is 5.87. The zero-order chi connectivity index (χ0) is 12.7. The summed E-state index contributed by atoms with van der Waals surface area (Å²) in [5, 5.41) is 3.47. The minimum Gasteiger partial charge on any atom is -0.369 e. The molecule has 1 atom stereocenters. The number of nitrogens with one attached hydrogen (secondary N) is 1. The lowest BCUT2D eigenvalue weighted by atomic mass is 10.1. The molecule has 1 fully saturated rings. The van der Waals surface area contributed by atoms with Crippen LogP contribution in [-0.4, -0.2) is 22.0 Å². The minimum atomic E-state index is -0.273. The van der Waals surface area contributed by atoms with Crippen molar-refractivity contribution in [2.45, 2.75) is 18.9 Å². The molecule has 0 aliphatic carbocycles. The largest absolute Gasteiger partial charge is 0.369 e. The number of anilines is 1. The van der Waals surface area contributed by atoms with Crippen molar-refractivity contribution in [3.8, 4) is 0 Å². The number of amides is 1. The molecule has 0 radical (unpaired) electrons. The van der Waals surface area contributed by atoms with Gasteiger partial charge in [-0.1, -0.05) is 11.6 Å². The number of carbonyl (C=O) groups excluding carboxylic acids is 1. The van der Waals surface area contributed by atoms with E-state index < -0.39 is 0 Å². The fourth-order valence-electron chi connectivity index (χ4n) is 2.42. The molecule has 5 nitrogen and oxygen atoms in total. The predicted molar refractivity (Wildman–Crippen MR) is 70.4 cm³/mol. The second kappa shape index (κ2) is 4.17. The summed E-state index contributed by atoms with van der Waals surface area (Å²) in [5.74, 6) is 0.358. The van der Waals surface area contributed by atoms with Crippen LogP contribution in [-0.2, 0) is 4.79 Å². The zero-order valence-electron chi connectivity index (χ0n) is 9.69. The first-order chi connectivity index (χ1) is 8.66. The fraction of sp³-hybridized carbons (Fsp3) is 0.333. The molecular weight excluding hydrogens is 252 g/mol. The number of rotatable bonds is 1. The Labute approximate surface area is 109 Å². The number of hydrogen-bond donors (Lipinski definition) is 2. The van der Waals surface area contributed by atoms with E-state index in [-0.39, 0.29) is 11.9 Å². The summed E-state index contributed by atoms with van der Waals surface area (Å²) in [5.41, 5.74) is 7.49. The molecule has 0 saturated carbocycles. The van der Waals surface area contributed by atoms with Crippen molar-refractivity contribution in [3.05, 3.63) is 23.2 Å². The highest BCUT2D eigenvalue weighted by Crippen LogP contribution is 2.28.